The quantitative estimate of drug-likeness (QED) is 0.658. The number of alkyl carbamates (subject to hydrolysis) is 1. The smallest absolute Gasteiger partial charge is 0.407 e. The van der Waals surface area contributed by atoms with Crippen molar-refractivity contribution >= 4 is 12.2 Å². The minimum absolute atomic E-state index is 0.277. The van der Waals surface area contributed by atoms with E-state index in [4.69, 9.17) is 9.84 Å². The van der Waals surface area contributed by atoms with Crippen LogP contribution in [0.3, 0.4) is 0 Å². The second kappa shape index (κ2) is 5.75. The predicted molar refractivity (Wildman–Crippen MR) is 66.5 cm³/mol. The molecule has 3 N–H and O–H groups in total. The number of carbonyl (C=O) groups excluding carboxylic acids is 1. The molecule has 0 fully saturated rings. The molecule has 6 nitrogen and oxygen atoms in total. The lowest BCUT2D eigenvalue weighted by Crippen LogP contribution is -2.52. The number of rotatable bonds is 2. The maximum Gasteiger partial charge on any atom is 0.407 e. The monoisotopic (exact) mass is 256 g/mol. The third-order valence-electron chi connectivity index (χ3n) is 2.44. The SMILES string of the molecule is CC(C)(C)OC(=O)N[C@H]1CC=CCC1NC(=O)O. The summed E-state index contributed by atoms with van der Waals surface area (Å²) in [6, 6.07) is -0.596. The van der Waals surface area contributed by atoms with Crippen molar-refractivity contribution in [3.8, 4) is 0 Å². The Labute approximate surface area is 106 Å². The van der Waals surface area contributed by atoms with Crippen molar-refractivity contribution in [2.45, 2.75) is 51.3 Å². The minimum atomic E-state index is -1.09. The molecule has 0 aromatic carbocycles. The molecule has 0 radical (unpaired) electrons. The van der Waals surface area contributed by atoms with Gasteiger partial charge in [0.15, 0.2) is 0 Å². The molecule has 6 heteroatoms. The van der Waals surface area contributed by atoms with Gasteiger partial charge in [-0.3, -0.25) is 0 Å². The second-order valence-corrected chi connectivity index (χ2v) is 5.25. The van der Waals surface area contributed by atoms with Crippen LogP contribution in [-0.2, 0) is 4.74 Å². The zero-order chi connectivity index (χ0) is 13.8. The maximum atomic E-state index is 11.6. The fourth-order valence-electron chi connectivity index (χ4n) is 1.75. The Hall–Kier alpha value is -1.72. The van der Waals surface area contributed by atoms with Crippen LogP contribution in [0.2, 0.25) is 0 Å². The van der Waals surface area contributed by atoms with E-state index in [-0.39, 0.29) is 12.1 Å². The lowest BCUT2D eigenvalue weighted by atomic mass is 9.96. The molecule has 102 valence electrons. The lowest BCUT2D eigenvalue weighted by molar-refractivity contribution is 0.0490. The molecule has 0 aromatic rings. The average molecular weight is 256 g/mol. The van der Waals surface area contributed by atoms with Crippen LogP contribution in [0.1, 0.15) is 33.6 Å². The highest BCUT2D eigenvalue weighted by molar-refractivity contribution is 5.69. The zero-order valence-corrected chi connectivity index (χ0v) is 10.9. The van der Waals surface area contributed by atoms with Gasteiger partial charge in [0.1, 0.15) is 5.60 Å². The highest BCUT2D eigenvalue weighted by Gasteiger charge is 2.27. The summed E-state index contributed by atoms with van der Waals surface area (Å²) in [5.74, 6) is 0. The molecule has 0 saturated carbocycles. The molecule has 1 unspecified atom stereocenters. The molecule has 18 heavy (non-hydrogen) atoms. The minimum Gasteiger partial charge on any atom is -0.465 e. The molecule has 0 heterocycles. The first-order chi connectivity index (χ1) is 8.28. The van der Waals surface area contributed by atoms with Crippen LogP contribution < -0.4 is 10.6 Å². The normalized spacial score (nSPS) is 23.3. The standard InChI is InChI=1S/C12H20N2O4/c1-12(2,3)18-11(17)14-9-7-5-4-6-8(9)13-10(15)16/h4-5,8-9,13H,6-7H2,1-3H3,(H,14,17)(H,15,16)/t8?,9-/m0/s1. The van der Waals surface area contributed by atoms with Crippen molar-refractivity contribution in [2.75, 3.05) is 0 Å². The summed E-state index contributed by atoms with van der Waals surface area (Å²) in [7, 11) is 0. The van der Waals surface area contributed by atoms with E-state index in [0.29, 0.717) is 12.8 Å². The molecule has 1 aliphatic carbocycles. The van der Waals surface area contributed by atoms with Crippen molar-refractivity contribution in [1.29, 1.82) is 0 Å². The van der Waals surface area contributed by atoms with E-state index in [2.05, 4.69) is 10.6 Å². The van der Waals surface area contributed by atoms with Gasteiger partial charge in [-0.05, 0) is 33.6 Å². The molecule has 0 aliphatic heterocycles. The predicted octanol–water partition coefficient (Wildman–Crippen LogP) is 1.87. The van der Waals surface area contributed by atoms with Gasteiger partial charge in [-0.15, -0.1) is 0 Å². The van der Waals surface area contributed by atoms with E-state index in [1.807, 2.05) is 12.2 Å². The lowest BCUT2D eigenvalue weighted by Gasteiger charge is -2.30. The molecular weight excluding hydrogens is 236 g/mol. The first-order valence-electron chi connectivity index (χ1n) is 5.92. The van der Waals surface area contributed by atoms with Crippen molar-refractivity contribution in [3.63, 3.8) is 0 Å². The van der Waals surface area contributed by atoms with Crippen LogP contribution >= 0.6 is 0 Å². The summed E-state index contributed by atoms with van der Waals surface area (Å²) in [6.45, 7) is 5.33. The summed E-state index contributed by atoms with van der Waals surface area (Å²) >= 11 is 0. The Morgan fingerprint density at radius 3 is 2.11 bits per heavy atom. The molecule has 0 spiro atoms. The van der Waals surface area contributed by atoms with Crippen LogP contribution in [0.15, 0.2) is 12.2 Å². The number of carbonyl (C=O) groups is 2. The van der Waals surface area contributed by atoms with Crippen LogP contribution in [-0.4, -0.2) is 35.0 Å². The van der Waals surface area contributed by atoms with E-state index < -0.39 is 17.8 Å². The summed E-state index contributed by atoms with van der Waals surface area (Å²) in [4.78, 5) is 22.3. The average Bonchev–Trinajstić information content (AvgIpc) is 2.17. The zero-order valence-electron chi connectivity index (χ0n) is 10.9. The Morgan fingerprint density at radius 2 is 1.67 bits per heavy atom. The molecule has 0 bridgehead atoms. The Balaban J connectivity index is 2.55. The van der Waals surface area contributed by atoms with Gasteiger partial charge >= 0.3 is 12.2 Å². The van der Waals surface area contributed by atoms with Gasteiger partial charge in [0.2, 0.25) is 0 Å². The second-order valence-electron chi connectivity index (χ2n) is 5.25. The summed E-state index contributed by atoms with van der Waals surface area (Å²) in [5.41, 5.74) is -0.565. The molecule has 0 aromatic heterocycles. The van der Waals surface area contributed by atoms with Gasteiger partial charge in [0.25, 0.3) is 0 Å². The van der Waals surface area contributed by atoms with Gasteiger partial charge < -0.3 is 20.5 Å². The number of nitrogens with one attached hydrogen (secondary N) is 2. The Bertz CT molecular complexity index is 346. The van der Waals surface area contributed by atoms with Gasteiger partial charge in [0.05, 0.1) is 12.1 Å². The molecule has 1 aliphatic rings. The fourth-order valence-corrected chi connectivity index (χ4v) is 1.75. The van der Waals surface area contributed by atoms with Crippen molar-refractivity contribution in [2.24, 2.45) is 0 Å². The number of ether oxygens (including phenoxy) is 1. The van der Waals surface area contributed by atoms with E-state index in [0.717, 1.165) is 0 Å². The Kier molecular flexibility index (Phi) is 4.58. The molecular formula is C12H20N2O4. The van der Waals surface area contributed by atoms with Gasteiger partial charge in [-0.25, -0.2) is 9.59 Å². The largest absolute Gasteiger partial charge is 0.465 e. The van der Waals surface area contributed by atoms with Gasteiger partial charge in [-0.2, -0.15) is 0 Å². The van der Waals surface area contributed by atoms with Crippen molar-refractivity contribution in [1.82, 2.24) is 10.6 Å². The van der Waals surface area contributed by atoms with E-state index in [1.54, 1.807) is 20.8 Å². The molecule has 2 atom stereocenters. The van der Waals surface area contributed by atoms with Crippen molar-refractivity contribution in [3.05, 3.63) is 12.2 Å². The number of amides is 2. The number of hydrogen-bond donors (Lipinski definition) is 3. The van der Waals surface area contributed by atoms with E-state index >= 15 is 0 Å². The highest BCUT2D eigenvalue weighted by atomic mass is 16.6. The van der Waals surface area contributed by atoms with Crippen LogP contribution in [0.4, 0.5) is 9.59 Å². The molecule has 0 saturated heterocycles. The van der Waals surface area contributed by atoms with Crippen LogP contribution in [0, 0.1) is 0 Å². The highest BCUT2D eigenvalue weighted by Crippen LogP contribution is 2.14. The fraction of sp³-hybridized carbons (Fsp3) is 0.667. The third kappa shape index (κ3) is 5.07. The number of carboxylic acid groups (broad SMARTS) is 1. The third-order valence-corrected chi connectivity index (χ3v) is 2.44. The summed E-state index contributed by atoms with van der Waals surface area (Å²) in [6.07, 6.45) is 3.35. The van der Waals surface area contributed by atoms with Crippen LogP contribution in [0.5, 0.6) is 0 Å². The Morgan fingerprint density at radius 1 is 1.17 bits per heavy atom. The van der Waals surface area contributed by atoms with Crippen LogP contribution in [0.25, 0.3) is 0 Å². The van der Waals surface area contributed by atoms with Crippen molar-refractivity contribution < 1.29 is 19.4 Å². The summed E-state index contributed by atoms with van der Waals surface area (Å²) in [5, 5.41) is 13.8. The van der Waals surface area contributed by atoms with E-state index in [1.165, 1.54) is 0 Å². The molecule has 1 rings (SSSR count). The number of hydrogen-bond acceptors (Lipinski definition) is 3. The van der Waals surface area contributed by atoms with Gasteiger partial charge in [0, 0.05) is 0 Å². The topological polar surface area (TPSA) is 87.7 Å². The van der Waals surface area contributed by atoms with E-state index in [9.17, 15) is 9.59 Å². The summed E-state index contributed by atoms with van der Waals surface area (Å²) < 4.78 is 5.14. The maximum absolute atomic E-state index is 11.6. The van der Waals surface area contributed by atoms with Gasteiger partial charge in [-0.1, -0.05) is 12.2 Å². The first kappa shape index (κ1) is 14.3. The first-order valence-corrected chi connectivity index (χ1v) is 5.92. The molecule has 2 amide bonds.